The summed E-state index contributed by atoms with van der Waals surface area (Å²) in [5.41, 5.74) is 8.33. The summed E-state index contributed by atoms with van der Waals surface area (Å²) >= 11 is 1.69. The Kier molecular flexibility index (Phi) is 6.24. The Morgan fingerprint density at radius 3 is 2.80 bits per heavy atom. The van der Waals surface area contributed by atoms with Crippen molar-refractivity contribution in [3.8, 4) is 5.75 Å². The molecule has 0 amide bonds. The van der Waals surface area contributed by atoms with Crippen LogP contribution in [0.2, 0.25) is 0 Å². The number of rotatable bonds is 10. The largest absolute Gasteiger partial charge is 0.506 e. The highest BCUT2D eigenvalue weighted by molar-refractivity contribution is 7.99. The van der Waals surface area contributed by atoms with Gasteiger partial charge in [0.15, 0.2) is 5.43 Å². The van der Waals surface area contributed by atoms with E-state index in [4.69, 9.17) is 15.9 Å². The topological polar surface area (TPSA) is 125 Å². The molecule has 158 valence electrons. The van der Waals surface area contributed by atoms with E-state index in [2.05, 4.69) is 10.6 Å². The Balaban J connectivity index is 1.83. The molecule has 0 radical (unpaired) electrons. The van der Waals surface area contributed by atoms with Gasteiger partial charge in [0.05, 0.1) is 34.1 Å². The van der Waals surface area contributed by atoms with Crippen LogP contribution in [0.3, 0.4) is 0 Å². The molecule has 0 bridgehead atoms. The molecule has 2 aromatic carbocycles. The van der Waals surface area contributed by atoms with E-state index >= 15 is 0 Å². The van der Waals surface area contributed by atoms with Crippen LogP contribution in [0.15, 0.2) is 35.1 Å². The summed E-state index contributed by atoms with van der Waals surface area (Å²) in [6, 6.07) is 8.81. The van der Waals surface area contributed by atoms with Crippen LogP contribution in [-0.2, 0) is 6.54 Å². The van der Waals surface area contributed by atoms with Crippen LogP contribution in [-0.4, -0.2) is 57.6 Å². The number of benzene rings is 2. The number of hydrogen-bond donors (Lipinski definition) is 5. The molecule has 0 saturated carbocycles. The van der Waals surface area contributed by atoms with Crippen molar-refractivity contribution in [1.29, 1.82) is 0 Å². The lowest BCUT2D eigenvalue weighted by Gasteiger charge is -2.13. The number of aromatic nitrogens is 2. The fraction of sp³-hybridized carbons (Fsp3) is 0.333. The van der Waals surface area contributed by atoms with Gasteiger partial charge in [-0.15, -0.1) is 0 Å². The molecule has 4 aromatic rings. The third-order valence-corrected chi connectivity index (χ3v) is 6.00. The molecule has 0 saturated heterocycles. The maximum atomic E-state index is 12.5. The smallest absolute Gasteiger partial charge is 0.191 e. The van der Waals surface area contributed by atoms with Gasteiger partial charge in [-0.3, -0.25) is 4.79 Å². The van der Waals surface area contributed by atoms with Gasteiger partial charge in [-0.1, -0.05) is 6.07 Å². The van der Waals surface area contributed by atoms with E-state index in [9.17, 15) is 9.90 Å². The molecule has 0 aliphatic carbocycles. The highest BCUT2D eigenvalue weighted by Crippen LogP contribution is 2.40. The minimum absolute atomic E-state index is 0.0342. The molecule has 2 aromatic heterocycles. The second-order valence-corrected chi connectivity index (χ2v) is 8.19. The van der Waals surface area contributed by atoms with Crippen molar-refractivity contribution in [3.63, 3.8) is 0 Å². The number of nitrogens with zero attached hydrogens (tertiary/aromatic N) is 2. The summed E-state index contributed by atoms with van der Waals surface area (Å²) in [6.45, 7) is 2.53. The maximum absolute atomic E-state index is 12.5. The predicted octanol–water partition coefficient (Wildman–Crippen LogP) is 1.33. The number of aliphatic hydroxyl groups is 1. The molecule has 2 heterocycles. The fourth-order valence-corrected chi connectivity index (χ4v) is 4.37. The molecule has 6 N–H and O–H groups in total. The number of thioether (sulfide) groups is 1. The number of fused-ring (bicyclic) bond motifs is 2. The first-order valence-corrected chi connectivity index (χ1v) is 11.1. The molecule has 0 unspecified atom stereocenters. The van der Waals surface area contributed by atoms with Crippen LogP contribution in [0.5, 0.6) is 5.75 Å². The standard InChI is InChI=1S/C21H25N5O3S/c22-6-7-24-14-5-4-13-15(12-23-8-10-30-11-9-27)25-26-16-2-1-3-17(28)19(16)21(29)18(14)20(13)26/h1-5,23-24,27,29H,6-12,22H2. The van der Waals surface area contributed by atoms with Gasteiger partial charge in [0.2, 0.25) is 0 Å². The lowest BCUT2D eigenvalue weighted by Crippen LogP contribution is -2.17. The van der Waals surface area contributed by atoms with Gasteiger partial charge in [-0.05, 0) is 24.3 Å². The average Bonchev–Trinajstić information content (AvgIpc) is 3.12. The molecule has 0 spiro atoms. The van der Waals surface area contributed by atoms with Gasteiger partial charge < -0.3 is 26.6 Å². The second kappa shape index (κ2) is 9.05. The number of pyridine rings is 1. The zero-order chi connectivity index (χ0) is 21.1. The average molecular weight is 428 g/mol. The van der Waals surface area contributed by atoms with Crippen molar-refractivity contribution in [2.45, 2.75) is 6.54 Å². The van der Waals surface area contributed by atoms with Crippen molar-refractivity contribution in [1.82, 2.24) is 14.9 Å². The van der Waals surface area contributed by atoms with Gasteiger partial charge in [0.1, 0.15) is 5.75 Å². The van der Waals surface area contributed by atoms with Crippen LogP contribution >= 0.6 is 11.8 Å². The Bertz CT molecular complexity index is 1230. The third-order valence-electron chi connectivity index (χ3n) is 5.04. The van der Waals surface area contributed by atoms with Crippen LogP contribution in [0.25, 0.3) is 27.2 Å². The Labute approximate surface area is 177 Å². The first-order valence-electron chi connectivity index (χ1n) is 9.92. The van der Waals surface area contributed by atoms with Crippen molar-refractivity contribution >= 4 is 44.6 Å². The molecular formula is C21H25N5O3S. The van der Waals surface area contributed by atoms with Crippen molar-refractivity contribution < 1.29 is 10.2 Å². The summed E-state index contributed by atoms with van der Waals surface area (Å²) in [4.78, 5) is 12.5. The number of nitrogens with one attached hydrogen (secondary N) is 2. The monoisotopic (exact) mass is 427 g/mol. The van der Waals surface area contributed by atoms with Crippen LogP contribution in [0.4, 0.5) is 5.69 Å². The summed E-state index contributed by atoms with van der Waals surface area (Å²) in [5.74, 6) is 1.59. The Morgan fingerprint density at radius 2 is 2.00 bits per heavy atom. The van der Waals surface area contributed by atoms with E-state index in [-0.39, 0.29) is 23.2 Å². The van der Waals surface area contributed by atoms with Gasteiger partial charge in [-0.2, -0.15) is 16.9 Å². The first-order chi connectivity index (χ1) is 14.7. The van der Waals surface area contributed by atoms with Gasteiger partial charge in [0, 0.05) is 48.8 Å². The van der Waals surface area contributed by atoms with Gasteiger partial charge in [-0.25, -0.2) is 4.52 Å². The molecule has 4 rings (SSSR count). The van der Waals surface area contributed by atoms with Gasteiger partial charge in [0.25, 0.3) is 0 Å². The molecule has 0 aliphatic rings. The summed E-state index contributed by atoms with van der Waals surface area (Å²) in [7, 11) is 0. The molecule has 0 atom stereocenters. The van der Waals surface area contributed by atoms with E-state index in [0.717, 1.165) is 40.3 Å². The number of anilines is 1. The Morgan fingerprint density at radius 1 is 1.13 bits per heavy atom. The SMILES string of the molecule is NCCNc1ccc2c(CNCCSCCO)nn3c4cccc(=O)c4c(O)c1c23. The summed E-state index contributed by atoms with van der Waals surface area (Å²) in [6.07, 6.45) is 0. The molecular weight excluding hydrogens is 402 g/mol. The summed E-state index contributed by atoms with van der Waals surface area (Å²) < 4.78 is 1.76. The molecule has 8 nitrogen and oxygen atoms in total. The van der Waals surface area contributed by atoms with Crippen LogP contribution in [0, 0.1) is 0 Å². The summed E-state index contributed by atoms with van der Waals surface area (Å²) in [5, 5.41) is 33.1. The maximum Gasteiger partial charge on any atom is 0.191 e. The zero-order valence-corrected chi connectivity index (χ0v) is 17.3. The lowest BCUT2D eigenvalue weighted by atomic mass is 10.0. The number of aliphatic hydroxyl groups excluding tert-OH is 1. The van der Waals surface area contributed by atoms with E-state index in [0.29, 0.717) is 30.5 Å². The number of aromatic hydroxyl groups is 1. The minimum Gasteiger partial charge on any atom is -0.506 e. The molecule has 9 heteroatoms. The molecule has 0 aliphatic heterocycles. The van der Waals surface area contributed by atoms with Gasteiger partial charge >= 0.3 is 0 Å². The Hall–Kier alpha value is -2.59. The highest BCUT2D eigenvalue weighted by Gasteiger charge is 2.21. The normalized spacial score (nSPS) is 11.8. The van der Waals surface area contributed by atoms with E-state index in [1.807, 2.05) is 12.1 Å². The van der Waals surface area contributed by atoms with Crippen molar-refractivity contribution in [2.75, 3.05) is 43.1 Å². The number of hydrogen-bond acceptors (Lipinski definition) is 8. The first kappa shape index (κ1) is 20.7. The number of nitrogens with two attached hydrogens (primary N) is 1. The minimum atomic E-state index is -0.242. The van der Waals surface area contributed by atoms with Crippen molar-refractivity contribution in [2.24, 2.45) is 5.73 Å². The van der Waals surface area contributed by atoms with E-state index < -0.39 is 0 Å². The van der Waals surface area contributed by atoms with Crippen LogP contribution < -0.4 is 21.8 Å². The lowest BCUT2D eigenvalue weighted by molar-refractivity contribution is 0.322. The second-order valence-electron chi connectivity index (χ2n) is 6.97. The quantitative estimate of drug-likeness (QED) is 0.190. The van der Waals surface area contributed by atoms with Crippen molar-refractivity contribution in [3.05, 3.63) is 46.2 Å². The molecule has 30 heavy (non-hydrogen) atoms. The predicted molar refractivity (Wildman–Crippen MR) is 123 cm³/mol. The third kappa shape index (κ3) is 3.65. The molecule has 0 fully saturated rings. The van der Waals surface area contributed by atoms with E-state index in [1.54, 1.807) is 28.4 Å². The van der Waals surface area contributed by atoms with Crippen LogP contribution in [0.1, 0.15) is 5.69 Å². The zero-order valence-electron chi connectivity index (χ0n) is 16.5. The fourth-order valence-electron chi connectivity index (χ4n) is 3.74. The van der Waals surface area contributed by atoms with E-state index in [1.165, 1.54) is 6.07 Å². The highest BCUT2D eigenvalue weighted by atomic mass is 32.2.